The van der Waals surface area contributed by atoms with Crippen molar-refractivity contribution in [2.45, 2.75) is 25.8 Å². The predicted molar refractivity (Wildman–Crippen MR) is 122 cm³/mol. The zero-order chi connectivity index (χ0) is 23.1. The number of rotatable bonds is 10. The maximum atomic E-state index is 13.1. The number of methoxy groups -OCH3 is 1. The van der Waals surface area contributed by atoms with Gasteiger partial charge in [-0.15, -0.1) is 0 Å². The van der Waals surface area contributed by atoms with Crippen molar-refractivity contribution in [2.24, 2.45) is 0 Å². The number of amides is 4. The van der Waals surface area contributed by atoms with E-state index >= 15 is 0 Å². The summed E-state index contributed by atoms with van der Waals surface area (Å²) < 4.78 is 10.6. The number of ether oxygens (including phenoxy) is 2. The highest BCUT2D eigenvalue weighted by molar-refractivity contribution is 6.30. The van der Waals surface area contributed by atoms with Crippen molar-refractivity contribution in [3.05, 3.63) is 53.6 Å². The smallest absolute Gasteiger partial charge is 0.332 e. The Bertz CT molecular complexity index is 949. The van der Waals surface area contributed by atoms with Gasteiger partial charge in [-0.05, 0) is 55.0 Å². The number of halogens is 1. The average molecular weight is 460 g/mol. The summed E-state index contributed by atoms with van der Waals surface area (Å²) in [5.41, 5.74) is 0.978. The Hall–Kier alpha value is -3.10. The fourth-order valence-corrected chi connectivity index (χ4v) is 3.47. The predicted octanol–water partition coefficient (Wildman–Crippen LogP) is 3.94. The quantitative estimate of drug-likeness (QED) is 0.543. The molecule has 32 heavy (non-hydrogen) atoms. The molecular weight excluding hydrogens is 434 g/mol. The van der Waals surface area contributed by atoms with Crippen LogP contribution in [0.1, 0.15) is 19.8 Å². The standard InChI is InChI=1S/C23H26ClN3O5/c1-3-13-32-19-10-6-17(7-11-19)25-21(28)15-20-22(29)27(18-8-4-16(24)5-9-18)23(30)26(20)12-14-31-2/h4-11,20H,3,12-15H2,1-2H3,(H,25,28). The lowest BCUT2D eigenvalue weighted by molar-refractivity contribution is -0.124. The van der Waals surface area contributed by atoms with Crippen molar-refractivity contribution in [1.82, 2.24) is 4.90 Å². The number of imide groups is 1. The van der Waals surface area contributed by atoms with Gasteiger partial charge in [-0.1, -0.05) is 18.5 Å². The Morgan fingerprint density at radius 2 is 1.75 bits per heavy atom. The van der Waals surface area contributed by atoms with Crippen molar-refractivity contribution in [3.63, 3.8) is 0 Å². The first-order valence-corrected chi connectivity index (χ1v) is 10.7. The van der Waals surface area contributed by atoms with E-state index in [9.17, 15) is 14.4 Å². The third-order valence-corrected chi connectivity index (χ3v) is 5.18. The van der Waals surface area contributed by atoms with Gasteiger partial charge >= 0.3 is 6.03 Å². The van der Waals surface area contributed by atoms with Crippen molar-refractivity contribution in [3.8, 4) is 5.75 Å². The molecule has 4 amide bonds. The minimum Gasteiger partial charge on any atom is -0.494 e. The van der Waals surface area contributed by atoms with E-state index in [-0.39, 0.29) is 25.5 Å². The maximum absolute atomic E-state index is 13.1. The van der Waals surface area contributed by atoms with Gasteiger partial charge in [0.15, 0.2) is 0 Å². The molecule has 1 fully saturated rings. The normalized spacial score (nSPS) is 15.9. The fraction of sp³-hybridized carbons (Fsp3) is 0.348. The molecule has 2 aromatic rings. The molecule has 1 atom stereocenters. The number of carbonyl (C=O) groups excluding carboxylic acids is 3. The summed E-state index contributed by atoms with van der Waals surface area (Å²) in [4.78, 5) is 41.2. The maximum Gasteiger partial charge on any atom is 0.332 e. The van der Waals surface area contributed by atoms with Gasteiger partial charge in [-0.25, -0.2) is 9.69 Å². The summed E-state index contributed by atoms with van der Waals surface area (Å²) in [5.74, 6) is -0.128. The van der Waals surface area contributed by atoms with Gasteiger partial charge in [-0.3, -0.25) is 9.59 Å². The molecule has 0 aliphatic carbocycles. The van der Waals surface area contributed by atoms with E-state index in [0.717, 1.165) is 11.3 Å². The highest BCUT2D eigenvalue weighted by Crippen LogP contribution is 2.28. The van der Waals surface area contributed by atoms with Crippen LogP contribution in [0.25, 0.3) is 0 Å². The molecule has 0 radical (unpaired) electrons. The summed E-state index contributed by atoms with van der Waals surface area (Å²) in [7, 11) is 1.51. The SMILES string of the molecule is CCCOc1ccc(NC(=O)CC2C(=O)N(c3ccc(Cl)cc3)C(=O)N2CCOC)cc1. The van der Waals surface area contributed by atoms with E-state index in [0.29, 0.717) is 28.8 Å². The fourth-order valence-electron chi connectivity index (χ4n) is 3.35. The highest BCUT2D eigenvalue weighted by Gasteiger charge is 2.46. The van der Waals surface area contributed by atoms with Gasteiger partial charge in [0.1, 0.15) is 11.8 Å². The molecule has 2 aromatic carbocycles. The van der Waals surface area contributed by atoms with E-state index in [1.165, 1.54) is 12.0 Å². The molecule has 170 valence electrons. The summed E-state index contributed by atoms with van der Waals surface area (Å²) >= 11 is 5.92. The Labute approximate surface area is 192 Å². The van der Waals surface area contributed by atoms with Crippen LogP contribution in [0.5, 0.6) is 5.75 Å². The third-order valence-electron chi connectivity index (χ3n) is 4.93. The van der Waals surface area contributed by atoms with Crippen LogP contribution in [0.15, 0.2) is 48.5 Å². The lowest BCUT2D eigenvalue weighted by Crippen LogP contribution is -2.39. The molecule has 1 aliphatic rings. The van der Waals surface area contributed by atoms with Gasteiger partial charge < -0.3 is 19.7 Å². The minimum absolute atomic E-state index is 0.174. The lowest BCUT2D eigenvalue weighted by atomic mass is 10.1. The molecule has 0 saturated carbocycles. The van der Waals surface area contributed by atoms with Crippen LogP contribution in [0, 0.1) is 0 Å². The van der Waals surface area contributed by atoms with Gasteiger partial charge in [0.05, 0.1) is 25.3 Å². The molecule has 1 heterocycles. The van der Waals surface area contributed by atoms with Gasteiger partial charge in [0.25, 0.3) is 5.91 Å². The van der Waals surface area contributed by atoms with Crippen molar-refractivity contribution in [1.29, 1.82) is 0 Å². The largest absolute Gasteiger partial charge is 0.494 e. The second-order valence-corrected chi connectivity index (χ2v) is 7.70. The summed E-state index contributed by atoms with van der Waals surface area (Å²) in [6.07, 6.45) is 0.728. The number of hydrogen-bond acceptors (Lipinski definition) is 5. The van der Waals surface area contributed by atoms with Crippen LogP contribution in [-0.2, 0) is 14.3 Å². The molecule has 0 aromatic heterocycles. The van der Waals surface area contributed by atoms with Crippen molar-refractivity contribution in [2.75, 3.05) is 37.1 Å². The monoisotopic (exact) mass is 459 g/mol. The number of urea groups is 1. The highest BCUT2D eigenvalue weighted by atomic mass is 35.5. The second-order valence-electron chi connectivity index (χ2n) is 7.26. The van der Waals surface area contributed by atoms with E-state index in [2.05, 4.69) is 5.32 Å². The molecule has 1 N–H and O–H groups in total. The Balaban J connectivity index is 1.72. The molecule has 1 saturated heterocycles. The first-order valence-electron chi connectivity index (χ1n) is 10.4. The Morgan fingerprint density at radius 3 is 2.38 bits per heavy atom. The summed E-state index contributed by atoms with van der Waals surface area (Å²) in [5, 5.41) is 3.27. The van der Waals surface area contributed by atoms with Crippen LogP contribution < -0.4 is 15.0 Å². The van der Waals surface area contributed by atoms with Crippen LogP contribution >= 0.6 is 11.6 Å². The molecule has 9 heteroatoms. The third kappa shape index (κ3) is 5.57. The van der Waals surface area contributed by atoms with Crippen molar-refractivity contribution < 1.29 is 23.9 Å². The molecular formula is C23H26ClN3O5. The van der Waals surface area contributed by atoms with E-state index < -0.39 is 18.0 Å². The van der Waals surface area contributed by atoms with E-state index in [4.69, 9.17) is 21.1 Å². The Kier molecular flexibility index (Phi) is 8.08. The zero-order valence-electron chi connectivity index (χ0n) is 18.0. The van der Waals surface area contributed by atoms with Crippen LogP contribution in [0.4, 0.5) is 16.2 Å². The second kappa shape index (κ2) is 11.0. The number of anilines is 2. The number of benzene rings is 2. The Morgan fingerprint density at radius 1 is 1.06 bits per heavy atom. The van der Waals surface area contributed by atoms with Crippen LogP contribution in [0.3, 0.4) is 0 Å². The molecule has 1 unspecified atom stereocenters. The molecule has 1 aliphatic heterocycles. The van der Waals surface area contributed by atoms with Gasteiger partial charge in [-0.2, -0.15) is 0 Å². The topological polar surface area (TPSA) is 88.2 Å². The van der Waals surface area contributed by atoms with E-state index in [1.54, 1.807) is 48.5 Å². The van der Waals surface area contributed by atoms with E-state index in [1.807, 2.05) is 6.92 Å². The average Bonchev–Trinajstić information content (AvgIpc) is 3.01. The van der Waals surface area contributed by atoms with Crippen LogP contribution in [0.2, 0.25) is 5.02 Å². The van der Waals surface area contributed by atoms with Gasteiger partial charge in [0, 0.05) is 24.4 Å². The minimum atomic E-state index is -0.930. The molecule has 3 rings (SSSR count). The van der Waals surface area contributed by atoms with Gasteiger partial charge in [0.2, 0.25) is 5.91 Å². The number of nitrogens with zero attached hydrogens (tertiary/aromatic N) is 2. The lowest BCUT2D eigenvalue weighted by Gasteiger charge is -2.21. The molecule has 8 nitrogen and oxygen atoms in total. The summed E-state index contributed by atoms with van der Waals surface area (Å²) in [6, 6.07) is 12.0. The number of nitrogens with one attached hydrogen (secondary N) is 1. The van der Waals surface area contributed by atoms with Crippen molar-refractivity contribution >= 4 is 40.8 Å². The molecule has 0 spiro atoms. The number of carbonyl (C=O) groups is 3. The zero-order valence-corrected chi connectivity index (χ0v) is 18.8. The number of hydrogen-bond donors (Lipinski definition) is 1. The molecule has 0 bridgehead atoms. The summed E-state index contributed by atoms with van der Waals surface area (Å²) in [6.45, 7) is 3.07. The first kappa shape index (κ1) is 23.6. The first-order chi connectivity index (χ1) is 15.4. The van der Waals surface area contributed by atoms with Crippen LogP contribution in [-0.4, -0.2) is 55.7 Å².